The van der Waals surface area contributed by atoms with Gasteiger partial charge in [-0.25, -0.2) is 0 Å². The summed E-state index contributed by atoms with van der Waals surface area (Å²) in [6.07, 6.45) is 6.59. The van der Waals surface area contributed by atoms with E-state index in [2.05, 4.69) is 19.2 Å². The predicted octanol–water partition coefficient (Wildman–Crippen LogP) is 2.34. The van der Waals surface area contributed by atoms with Gasteiger partial charge in [-0.15, -0.1) is 0 Å². The van der Waals surface area contributed by atoms with Crippen LogP contribution in [-0.2, 0) is 4.74 Å². The molecule has 0 aromatic heterocycles. The van der Waals surface area contributed by atoms with Crippen molar-refractivity contribution in [2.24, 2.45) is 5.41 Å². The number of ether oxygens (including phenoxy) is 1. The summed E-state index contributed by atoms with van der Waals surface area (Å²) in [5, 5.41) is 3.76. The molecule has 1 aliphatic heterocycles. The maximum absolute atomic E-state index is 5.40. The smallest absolute Gasteiger partial charge is 0.0483 e. The van der Waals surface area contributed by atoms with Crippen molar-refractivity contribution >= 4 is 0 Å². The third kappa shape index (κ3) is 2.29. The van der Waals surface area contributed by atoms with Crippen LogP contribution in [0.25, 0.3) is 0 Å². The summed E-state index contributed by atoms with van der Waals surface area (Å²) < 4.78 is 5.40. The zero-order chi connectivity index (χ0) is 10.1. The van der Waals surface area contributed by atoms with Crippen LogP contribution in [0, 0.1) is 5.41 Å². The zero-order valence-corrected chi connectivity index (χ0v) is 9.57. The molecule has 0 bridgehead atoms. The summed E-state index contributed by atoms with van der Waals surface area (Å²) in [6.45, 7) is 7.81. The second-order valence-electron chi connectivity index (χ2n) is 5.69. The summed E-state index contributed by atoms with van der Waals surface area (Å²) in [6, 6.07) is 0. The fraction of sp³-hybridized carbons (Fsp3) is 1.00. The maximum atomic E-state index is 5.40. The molecule has 1 saturated carbocycles. The molecule has 2 nitrogen and oxygen atoms in total. The molecule has 2 rings (SSSR count). The first-order chi connectivity index (χ1) is 6.62. The van der Waals surface area contributed by atoms with Gasteiger partial charge in [-0.1, -0.05) is 13.3 Å². The monoisotopic (exact) mass is 197 g/mol. The van der Waals surface area contributed by atoms with Gasteiger partial charge in [0.2, 0.25) is 0 Å². The Morgan fingerprint density at radius 2 is 1.71 bits per heavy atom. The van der Waals surface area contributed by atoms with E-state index in [0.717, 1.165) is 13.2 Å². The lowest BCUT2D eigenvalue weighted by atomic mass is 9.70. The Morgan fingerprint density at radius 1 is 1.07 bits per heavy atom. The lowest BCUT2D eigenvalue weighted by Crippen LogP contribution is -2.51. The van der Waals surface area contributed by atoms with E-state index in [1.807, 2.05) is 0 Å². The fourth-order valence-corrected chi connectivity index (χ4v) is 2.38. The van der Waals surface area contributed by atoms with E-state index >= 15 is 0 Å². The maximum Gasteiger partial charge on any atom is 0.0483 e. The molecule has 1 heterocycles. The number of hydrogen-bond donors (Lipinski definition) is 1. The second kappa shape index (κ2) is 3.82. The molecule has 0 amide bonds. The number of rotatable bonds is 3. The Labute approximate surface area is 87.4 Å². The third-order valence-electron chi connectivity index (χ3n) is 4.10. The first kappa shape index (κ1) is 10.4. The minimum Gasteiger partial charge on any atom is -0.381 e. The molecule has 2 fully saturated rings. The van der Waals surface area contributed by atoms with Crippen LogP contribution in [-0.4, -0.2) is 25.3 Å². The van der Waals surface area contributed by atoms with Crippen molar-refractivity contribution in [3.05, 3.63) is 0 Å². The standard InChI is InChI=1S/C12H23NO/c1-11(4-3-5-11)10-13-12(2)6-8-14-9-7-12/h13H,3-10H2,1-2H3. The Bertz CT molecular complexity index is 192. The van der Waals surface area contributed by atoms with Crippen LogP contribution in [0.1, 0.15) is 46.0 Å². The van der Waals surface area contributed by atoms with Crippen LogP contribution in [0.2, 0.25) is 0 Å². The molecule has 0 aromatic rings. The van der Waals surface area contributed by atoms with Crippen LogP contribution in [0.4, 0.5) is 0 Å². The average Bonchev–Trinajstić information content (AvgIpc) is 2.13. The molecule has 14 heavy (non-hydrogen) atoms. The highest BCUT2D eigenvalue weighted by atomic mass is 16.5. The molecular weight excluding hydrogens is 174 g/mol. The van der Waals surface area contributed by atoms with Crippen molar-refractivity contribution in [2.45, 2.75) is 51.5 Å². The number of hydrogen-bond acceptors (Lipinski definition) is 2. The van der Waals surface area contributed by atoms with Gasteiger partial charge in [0.1, 0.15) is 0 Å². The summed E-state index contributed by atoms with van der Waals surface area (Å²) in [5.74, 6) is 0. The molecule has 0 radical (unpaired) electrons. The first-order valence-electron chi connectivity index (χ1n) is 5.95. The van der Waals surface area contributed by atoms with Crippen molar-refractivity contribution in [3.63, 3.8) is 0 Å². The minimum atomic E-state index is 0.344. The van der Waals surface area contributed by atoms with E-state index in [0.29, 0.717) is 11.0 Å². The largest absolute Gasteiger partial charge is 0.381 e. The van der Waals surface area contributed by atoms with Crippen LogP contribution in [0.15, 0.2) is 0 Å². The summed E-state index contributed by atoms with van der Waals surface area (Å²) in [5.41, 5.74) is 0.943. The van der Waals surface area contributed by atoms with Gasteiger partial charge in [-0.2, -0.15) is 0 Å². The van der Waals surface area contributed by atoms with Gasteiger partial charge in [-0.05, 0) is 38.0 Å². The normalized spacial score (nSPS) is 29.6. The molecule has 2 heteroatoms. The lowest BCUT2D eigenvalue weighted by molar-refractivity contribution is 0.0345. The van der Waals surface area contributed by atoms with Gasteiger partial charge in [0.15, 0.2) is 0 Å². The highest BCUT2D eigenvalue weighted by molar-refractivity contribution is 4.91. The van der Waals surface area contributed by atoms with Gasteiger partial charge in [0.05, 0.1) is 0 Å². The summed E-state index contributed by atoms with van der Waals surface area (Å²) >= 11 is 0. The first-order valence-corrected chi connectivity index (χ1v) is 5.95. The Morgan fingerprint density at radius 3 is 2.21 bits per heavy atom. The molecule has 0 unspecified atom stereocenters. The minimum absolute atomic E-state index is 0.344. The molecule has 1 aliphatic carbocycles. The quantitative estimate of drug-likeness (QED) is 0.750. The molecule has 0 aromatic carbocycles. The van der Waals surface area contributed by atoms with Crippen molar-refractivity contribution in [3.8, 4) is 0 Å². The Kier molecular flexibility index (Phi) is 2.85. The van der Waals surface area contributed by atoms with Gasteiger partial charge in [0.25, 0.3) is 0 Å². The molecule has 0 atom stereocenters. The molecule has 2 aliphatic rings. The fourth-order valence-electron chi connectivity index (χ4n) is 2.38. The molecule has 1 N–H and O–H groups in total. The van der Waals surface area contributed by atoms with Gasteiger partial charge in [0, 0.05) is 25.3 Å². The third-order valence-corrected chi connectivity index (χ3v) is 4.10. The van der Waals surface area contributed by atoms with E-state index in [4.69, 9.17) is 4.74 Å². The van der Waals surface area contributed by atoms with Crippen molar-refractivity contribution < 1.29 is 4.74 Å². The predicted molar refractivity (Wildman–Crippen MR) is 58.4 cm³/mol. The van der Waals surface area contributed by atoms with E-state index in [1.165, 1.54) is 38.6 Å². The topological polar surface area (TPSA) is 21.3 Å². The van der Waals surface area contributed by atoms with Gasteiger partial charge < -0.3 is 10.1 Å². The summed E-state index contributed by atoms with van der Waals surface area (Å²) in [4.78, 5) is 0. The van der Waals surface area contributed by atoms with E-state index in [-0.39, 0.29) is 0 Å². The van der Waals surface area contributed by atoms with Crippen LogP contribution in [0.3, 0.4) is 0 Å². The van der Waals surface area contributed by atoms with Crippen molar-refractivity contribution in [1.82, 2.24) is 5.32 Å². The van der Waals surface area contributed by atoms with Gasteiger partial charge in [-0.3, -0.25) is 0 Å². The van der Waals surface area contributed by atoms with Crippen LogP contribution < -0.4 is 5.32 Å². The second-order valence-corrected chi connectivity index (χ2v) is 5.69. The van der Waals surface area contributed by atoms with Gasteiger partial charge >= 0.3 is 0 Å². The van der Waals surface area contributed by atoms with E-state index in [1.54, 1.807) is 0 Å². The Hall–Kier alpha value is -0.0800. The van der Waals surface area contributed by atoms with E-state index in [9.17, 15) is 0 Å². The van der Waals surface area contributed by atoms with Crippen LogP contribution in [0.5, 0.6) is 0 Å². The molecule has 1 saturated heterocycles. The Balaban J connectivity index is 1.77. The highest BCUT2D eigenvalue weighted by Crippen LogP contribution is 2.40. The van der Waals surface area contributed by atoms with E-state index < -0.39 is 0 Å². The molecule has 82 valence electrons. The lowest BCUT2D eigenvalue weighted by Gasteiger charge is -2.43. The van der Waals surface area contributed by atoms with Crippen molar-refractivity contribution in [1.29, 1.82) is 0 Å². The highest BCUT2D eigenvalue weighted by Gasteiger charge is 2.35. The zero-order valence-electron chi connectivity index (χ0n) is 9.57. The number of nitrogens with one attached hydrogen (secondary N) is 1. The average molecular weight is 197 g/mol. The summed E-state index contributed by atoms with van der Waals surface area (Å²) in [7, 11) is 0. The molecular formula is C12H23NO. The van der Waals surface area contributed by atoms with Crippen LogP contribution >= 0.6 is 0 Å². The van der Waals surface area contributed by atoms with Crippen molar-refractivity contribution in [2.75, 3.05) is 19.8 Å². The molecule has 0 spiro atoms. The SMILES string of the molecule is CC1(CNC2(C)CCOCC2)CCC1.